The molecule has 1 saturated carbocycles. The predicted octanol–water partition coefficient (Wildman–Crippen LogP) is 3.43. The van der Waals surface area contributed by atoms with E-state index in [9.17, 15) is 4.79 Å². The molecule has 0 bridgehead atoms. The number of aldehydes is 1. The maximum absolute atomic E-state index is 10.9. The van der Waals surface area contributed by atoms with Crippen molar-refractivity contribution < 1.29 is 9.21 Å². The van der Waals surface area contributed by atoms with E-state index < -0.39 is 0 Å². The topological polar surface area (TPSA) is 30.2 Å². The van der Waals surface area contributed by atoms with Crippen LogP contribution in [0, 0.1) is 6.92 Å². The van der Waals surface area contributed by atoms with Crippen molar-refractivity contribution in [3.05, 3.63) is 35.1 Å². The zero-order chi connectivity index (χ0) is 10.4. The Bertz CT molecular complexity index is 533. The number of aryl methyl sites for hydroxylation is 1. The maximum Gasteiger partial charge on any atom is 0.185 e. The van der Waals surface area contributed by atoms with Gasteiger partial charge in [-0.15, -0.1) is 0 Å². The summed E-state index contributed by atoms with van der Waals surface area (Å²) in [5, 5.41) is 1.12. The number of rotatable bonds is 2. The minimum atomic E-state index is 0.529. The maximum atomic E-state index is 10.9. The van der Waals surface area contributed by atoms with E-state index in [4.69, 9.17) is 4.42 Å². The second-order valence-electron chi connectivity index (χ2n) is 4.22. The van der Waals surface area contributed by atoms with Gasteiger partial charge in [-0.25, -0.2) is 0 Å². The van der Waals surface area contributed by atoms with Crippen molar-refractivity contribution in [1.29, 1.82) is 0 Å². The molecule has 1 aliphatic carbocycles. The third kappa shape index (κ3) is 1.21. The minimum absolute atomic E-state index is 0.529. The number of hydrogen-bond acceptors (Lipinski definition) is 2. The zero-order valence-electron chi connectivity index (χ0n) is 8.62. The Hall–Kier alpha value is -1.57. The number of fused-ring (bicyclic) bond motifs is 1. The monoisotopic (exact) mass is 200 g/mol. The van der Waals surface area contributed by atoms with Gasteiger partial charge in [0.1, 0.15) is 5.58 Å². The molecule has 0 spiro atoms. The first-order valence-electron chi connectivity index (χ1n) is 5.28. The summed E-state index contributed by atoms with van der Waals surface area (Å²) in [7, 11) is 0. The van der Waals surface area contributed by atoms with Crippen molar-refractivity contribution in [1.82, 2.24) is 0 Å². The van der Waals surface area contributed by atoms with E-state index in [1.54, 1.807) is 0 Å². The Morgan fingerprint density at radius 2 is 2.20 bits per heavy atom. The van der Waals surface area contributed by atoms with Crippen LogP contribution >= 0.6 is 0 Å². The highest BCUT2D eigenvalue weighted by molar-refractivity contribution is 5.92. The number of carbonyl (C=O) groups excluding carboxylic acids is 1. The summed E-state index contributed by atoms with van der Waals surface area (Å²) >= 11 is 0. The SMILES string of the molecule is Cc1cccc2c(C3CC3)c(C=O)oc12. The fourth-order valence-electron chi connectivity index (χ4n) is 2.18. The molecule has 2 nitrogen and oxygen atoms in total. The van der Waals surface area contributed by atoms with Crippen LogP contribution in [-0.2, 0) is 0 Å². The number of hydrogen-bond donors (Lipinski definition) is 0. The van der Waals surface area contributed by atoms with Gasteiger partial charge >= 0.3 is 0 Å². The first-order chi connectivity index (χ1) is 7.31. The van der Waals surface area contributed by atoms with Gasteiger partial charge in [0.2, 0.25) is 0 Å². The molecule has 0 amide bonds. The molecular formula is C13H12O2. The molecule has 0 atom stereocenters. The summed E-state index contributed by atoms with van der Waals surface area (Å²) < 4.78 is 5.61. The van der Waals surface area contributed by atoms with E-state index in [2.05, 4.69) is 0 Å². The fraction of sp³-hybridized carbons (Fsp3) is 0.308. The molecule has 0 N–H and O–H groups in total. The van der Waals surface area contributed by atoms with E-state index in [-0.39, 0.29) is 0 Å². The van der Waals surface area contributed by atoms with Gasteiger partial charge in [-0.3, -0.25) is 4.79 Å². The fourth-order valence-corrected chi connectivity index (χ4v) is 2.18. The lowest BCUT2D eigenvalue weighted by Crippen LogP contribution is -1.83. The Balaban J connectivity index is 2.38. The minimum Gasteiger partial charge on any atom is -0.453 e. The molecule has 1 fully saturated rings. The average Bonchev–Trinajstić information content (AvgIpc) is 3.00. The molecule has 3 rings (SSSR count). The smallest absolute Gasteiger partial charge is 0.185 e. The highest BCUT2D eigenvalue weighted by Crippen LogP contribution is 2.46. The van der Waals surface area contributed by atoms with Crippen LogP contribution in [-0.4, -0.2) is 6.29 Å². The van der Waals surface area contributed by atoms with Gasteiger partial charge in [0, 0.05) is 10.9 Å². The number of benzene rings is 1. The average molecular weight is 200 g/mol. The molecule has 0 aliphatic heterocycles. The summed E-state index contributed by atoms with van der Waals surface area (Å²) in [6, 6.07) is 6.08. The van der Waals surface area contributed by atoms with Gasteiger partial charge in [-0.05, 0) is 31.2 Å². The van der Waals surface area contributed by atoms with Gasteiger partial charge in [0.15, 0.2) is 12.0 Å². The van der Waals surface area contributed by atoms with E-state index in [1.807, 2.05) is 25.1 Å². The Kier molecular flexibility index (Phi) is 1.72. The molecule has 76 valence electrons. The highest BCUT2D eigenvalue weighted by atomic mass is 16.3. The van der Waals surface area contributed by atoms with E-state index >= 15 is 0 Å². The molecule has 1 aromatic carbocycles. The van der Waals surface area contributed by atoms with Crippen LogP contribution in [0.4, 0.5) is 0 Å². The summed E-state index contributed by atoms with van der Waals surface area (Å²) in [4.78, 5) is 10.9. The molecule has 15 heavy (non-hydrogen) atoms. The van der Waals surface area contributed by atoms with E-state index in [0.717, 1.165) is 28.4 Å². The van der Waals surface area contributed by atoms with Gasteiger partial charge in [-0.2, -0.15) is 0 Å². The van der Waals surface area contributed by atoms with Gasteiger partial charge in [-0.1, -0.05) is 18.2 Å². The van der Waals surface area contributed by atoms with Gasteiger partial charge < -0.3 is 4.42 Å². The predicted molar refractivity (Wildman–Crippen MR) is 58.3 cm³/mol. The summed E-state index contributed by atoms with van der Waals surface area (Å²) in [6.45, 7) is 2.01. The van der Waals surface area contributed by atoms with Crippen LogP contribution in [0.3, 0.4) is 0 Å². The second kappa shape index (κ2) is 2.96. The van der Waals surface area contributed by atoms with Crippen LogP contribution in [0.2, 0.25) is 0 Å². The Labute approximate surface area is 87.9 Å². The summed E-state index contributed by atoms with van der Waals surface area (Å²) in [5.74, 6) is 1.08. The molecule has 0 radical (unpaired) electrons. The molecule has 0 unspecified atom stereocenters. The molecule has 0 saturated heterocycles. The van der Waals surface area contributed by atoms with Crippen LogP contribution in [0.1, 0.15) is 40.4 Å². The van der Waals surface area contributed by atoms with Crippen LogP contribution in [0.15, 0.2) is 22.6 Å². The molecule has 1 heterocycles. The van der Waals surface area contributed by atoms with Crippen molar-refractivity contribution in [3.63, 3.8) is 0 Å². The Morgan fingerprint density at radius 1 is 1.40 bits per heavy atom. The number of furan rings is 1. The standard InChI is InChI=1S/C13H12O2/c1-8-3-2-4-10-12(9-5-6-9)11(7-14)15-13(8)10/h2-4,7,9H,5-6H2,1H3. The molecule has 1 aliphatic rings. The number of para-hydroxylation sites is 1. The zero-order valence-corrected chi connectivity index (χ0v) is 8.62. The van der Waals surface area contributed by atoms with Crippen molar-refractivity contribution in [2.45, 2.75) is 25.7 Å². The Morgan fingerprint density at radius 3 is 2.87 bits per heavy atom. The lowest BCUT2D eigenvalue weighted by molar-refractivity contribution is 0.110. The highest BCUT2D eigenvalue weighted by Gasteiger charge is 2.30. The normalized spacial score (nSPS) is 15.8. The second-order valence-corrected chi connectivity index (χ2v) is 4.22. The third-order valence-corrected chi connectivity index (χ3v) is 3.07. The molecule has 2 heteroatoms. The lowest BCUT2D eigenvalue weighted by atomic mass is 10.0. The van der Waals surface area contributed by atoms with Crippen LogP contribution < -0.4 is 0 Å². The summed E-state index contributed by atoms with van der Waals surface area (Å²) in [5.41, 5.74) is 3.10. The van der Waals surface area contributed by atoms with Crippen molar-refractivity contribution >= 4 is 17.3 Å². The largest absolute Gasteiger partial charge is 0.453 e. The van der Waals surface area contributed by atoms with Crippen molar-refractivity contribution in [2.75, 3.05) is 0 Å². The molecule has 1 aromatic heterocycles. The first-order valence-corrected chi connectivity index (χ1v) is 5.28. The van der Waals surface area contributed by atoms with E-state index in [1.165, 1.54) is 12.8 Å². The van der Waals surface area contributed by atoms with Crippen molar-refractivity contribution in [3.8, 4) is 0 Å². The first kappa shape index (κ1) is 8.72. The molecule has 2 aromatic rings. The quantitative estimate of drug-likeness (QED) is 0.695. The van der Waals surface area contributed by atoms with Gasteiger partial charge in [0.25, 0.3) is 0 Å². The van der Waals surface area contributed by atoms with Crippen molar-refractivity contribution in [2.24, 2.45) is 0 Å². The number of carbonyl (C=O) groups is 1. The third-order valence-electron chi connectivity index (χ3n) is 3.07. The van der Waals surface area contributed by atoms with Crippen LogP contribution in [0.25, 0.3) is 11.0 Å². The van der Waals surface area contributed by atoms with Crippen LogP contribution in [0.5, 0.6) is 0 Å². The summed E-state index contributed by atoms with van der Waals surface area (Å²) in [6.07, 6.45) is 3.21. The van der Waals surface area contributed by atoms with E-state index in [0.29, 0.717) is 11.7 Å². The molecular weight excluding hydrogens is 188 g/mol. The lowest BCUT2D eigenvalue weighted by Gasteiger charge is -1.95. The van der Waals surface area contributed by atoms with Gasteiger partial charge in [0.05, 0.1) is 0 Å².